The maximum absolute atomic E-state index is 12.2. The minimum atomic E-state index is -0.242. The second kappa shape index (κ2) is 9.33. The van der Waals surface area contributed by atoms with E-state index in [1.165, 1.54) is 17.8 Å². The molecule has 0 bridgehead atoms. The SMILES string of the molecule is O=C(/C=C/c1ccc(OCc2ccccc2)cc1)Nc1ccc2c(c1)NC(=O)CS2. The van der Waals surface area contributed by atoms with Crippen LogP contribution in [0.4, 0.5) is 11.4 Å². The van der Waals surface area contributed by atoms with Crippen LogP contribution in [0, 0.1) is 0 Å². The Hall–Kier alpha value is -3.51. The highest BCUT2D eigenvalue weighted by Gasteiger charge is 2.15. The molecule has 4 rings (SSSR count). The third-order valence-corrected chi connectivity index (χ3v) is 5.51. The lowest BCUT2D eigenvalue weighted by atomic mass is 10.2. The van der Waals surface area contributed by atoms with E-state index in [1.54, 1.807) is 12.1 Å². The van der Waals surface area contributed by atoms with Gasteiger partial charge in [-0.25, -0.2) is 0 Å². The zero-order valence-electron chi connectivity index (χ0n) is 16.1. The molecule has 0 aromatic heterocycles. The molecule has 1 heterocycles. The van der Waals surface area contributed by atoms with Gasteiger partial charge < -0.3 is 15.4 Å². The molecule has 0 radical (unpaired) electrons. The Balaban J connectivity index is 1.31. The zero-order chi connectivity index (χ0) is 20.8. The Bertz CT molecular complexity index is 1080. The first-order valence-corrected chi connectivity index (χ1v) is 10.5. The van der Waals surface area contributed by atoms with Gasteiger partial charge >= 0.3 is 0 Å². The summed E-state index contributed by atoms with van der Waals surface area (Å²) in [6, 6.07) is 23.0. The van der Waals surface area contributed by atoms with Crippen LogP contribution < -0.4 is 15.4 Å². The molecule has 1 aliphatic heterocycles. The normalized spacial score (nSPS) is 12.9. The number of carbonyl (C=O) groups is 2. The summed E-state index contributed by atoms with van der Waals surface area (Å²) in [7, 11) is 0. The molecular weight excluding hydrogens is 396 g/mol. The summed E-state index contributed by atoms with van der Waals surface area (Å²) < 4.78 is 5.77. The Morgan fingerprint density at radius 3 is 2.67 bits per heavy atom. The van der Waals surface area contributed by atoms with E-state index in [0.29, 0.717) is 18.0 Å². The second-order valence-corrected chi connectivity index (χ2v) is 7.73. The summed E-state index contributed by atoms with van der Waals surface area (Å²) >= 11 is 1.49. The lowest BCUT2D eigenvalue weighted by molar-refractivity contribution is -0.114. The number of amides is 2. The number of anilines is 2. The molecule has 3 aromatic carbocycles. The van der Waals surface area contributed by atoms with E-state index < -0.39 is 0 Å². The molecule has 2 amide bonds. The molecule has 0 atom stereocenters. The molecule has 0 fully saturated rings. The lowest BCUT2D eigenvalue weighted by Crippen LogP contribution is -2.19. The number of fused-ring (bicyclic) bond motifs is 1. The highest BCUT2D eigenvalue weighted by Crippen LogP contribution is 2.33. The Kier molecular flexibility index (Phi) is 6.15. The van der Waals surface area contributed by atoms with Gasteiger partial charge in [0.1, 0.15) is 12.4 Å². The van der Waals surface area contributed by atoms with Crippen LogP contribution in [0.3, 0.4) is 0 Å². The fourth-order valence-corrected chi connectivity index (χ4v) is 3.72. The molecule has 30 heavy (non-hydrogen) atoms. The molecule has 150 valence electrons. The molecular formula is C24H20N2O3S. The summed E-state index contributed by atoms with van der Waals surface area (Å²) in [6.45, 7) is 0.512. The maximum Gasteiger partial charge on any atom is 0.248 e. The maximum atomic E-state index is 12.2. The number of nitrogens with one attached hydrogen (secondary N) is 2. The standard InChI is InChI=1S/C24H20N2O3S/c27-23(25-19-9-12-22-21(14-19)26-24(28)16-30-22)13-8-17-6-10-20(11-7-17)29-15-18-4-2-1-3-5-18/h1-14H,15-16H2,(H,25,27)(H,26,28)/b13-8+. The van der Waals surface area contributed by atoms with Crippen molar-refractivity contribution in [2.45, 2.75) is 11.5 Å². The van der Waals surface area contributed by atoms with Gasteiger partial charge in [-0.3, -0.25) is 9.59 Å². The number of rotatable bonds is 6. The summed E-state index contributed by atoms with van der Waals surface area (Å²) in [5.41, 5.74) is 3.37. The number of thioether (sulfide) groups is 1. The third-order valence-electron chi connectivity index (χ3n) is 4.44. The van der Waals surface area contributed by atoms with Crippen molar-refractivity contribution in [3.05, 3.63) is 90.0 Å². The third kappa shape index (κ3) is 5.30. The molecule has 5 nitrogen and oxygen atoms in total. The summed E-state index contributed by atoms with van der Waals surface area (Å²) in [5.74, 6) is 0.910. The average Bonchev–Trinajstić information content (AvgIpc) is 2.77. The Morgan fingerprint density at radius 1 is 1.07 bits per heavy atom. The topological polar surface area (TPSA) is 67.4 Å². The summed E-state index contributed by atoms with van der Waals surface area (Å²) in [6.07, 6.45) is 3.22. The number of hydrogen-bond acceptors (Lipinski definition) is 4. The quantitative estimate of drug-likeness (QED) is 0.557. The van der Waals surface area contributed by atoms with Crippen LogP contribution in [0.2, 0.25) is 0 Å². The number of ether oxygens (including phenoxy) is 1. The first-order valence-electron chi connectivity index (χ1n) is 9.48. The van der Waals surface area contributed by atoms with Gasteiger partial charge in [-0.2, -0.15) is 0 Å². The fourth-order valence-electron chi connectivity index (χ4n) is 2.93. The summed E-state index contributed by atoms with van der Waals surface area (Å²) in [4.78, 5) is 24.7. The van der Waals surface area contributed by atoms with Gasteiger partial charge in [-0.1, -0.05) is 42.5 Å². The van der Waals surface area contributed by atoms with Crippen molar-refractivity contribution in [1.29, 1.82) is 0 Å². The Morgan fingerprint density at radius 2 is 1.87 bits per heavy atom. The van der Waals surface area contributed by atoms with Crippen LogP contribution in [0.25, 0.3) is 6.08 Å². The van der Waals surface area contributed by atoms with E-state index >= 15 is 0 Å². The monoisotopic (exact) mass is 416 g/mol. The van der Waals surface area contributed by atoms with Crippen LogP contribution in [-0.4, -0.2) is 17.6 Å². The van der Waals surface area contributed by atoms with Gasteiger partial charge in [0.25, 0.3) is 0 Å². The molecule has 0 unspecified atom stereocenters. The second-order valence-electron chi connectivity index (χ2n) is 6.71. The van der Waals surface area contributed by atoms with Gasteiger partial charge in [0.15, 0.2) is 0 Å². The van der Waals surface area contributed by atoms with Crippen LogP contribution in [0.5, 0.6) is 5.75 Å². The molecule has 0 spiro atoms. The van der Waals surface area contributed by atoms with Crippen molar-refractivity contribution in [3.63, 3.8) is 0 Å². The largest absolute Gasteiger partial charge is 0.489 e. The van der Waals surface area contributed by atoms with E-state index in [2.05, 4.69) is 10.6 Å². The van der Waals surface area contributed by atoms with Gasteiger partial charge in [-0.05, 0) is 47.5 Å². The fraction of sp³-hybridized carbons (Fsp3) is 0.0833. The van der Waals surface area contributed by atoms with Crippen molar-refractivity contribution in [2.24, 2.45) is 0 Å². The van der Waals surface area contributed by atoms with Crippen LogP contribution >= 0.6 is 11.8 Å². The van der Waals surface area contributed by atoms with E-state index in [0.717, 1.165) is 27.5 Å². The van der Waals surface area contributed by atoms with Crippen molar-refractivity contribution in [2.75, 3.05) is 16.4 Å². The van der Waals surface area contributed by atoms with E-state index in [4.69, 9.17) is 4.74 Å². The van der Waals surface area contributed by atoms with Gasteiger partial charge in [0.05, 0.1) is 11.4 Å². The van der Waals surface area contributed by atoms with Crippen molar-refractivity contribution < 1.29 is 14.3 Å². The van der Waals surface area contributed by atoms with Crippen LogP contribution in [0.15, 0.2) is 83.8 Å². The smallest absolute Gasteiger partial charge is 0.248 e. The molecule has 0 saturated carbocycles. The molecule has 0 aliphatic carbocycles. The van der Waals surface area contributed by atoms with Crippen molar-refractivity contribution in [3.8, 4) is 5.75 Å². The average molecular weight is 417 g/mol. The molecule has 0 saturated heterocycles. The van der Waals surface area contributed by atoms with E-state index in [-0.39, 0.29) is 11.8 Å². The van der Waals surface area contributed by atoms with Gasteiger partial charge in [0.2, 0.25) is 11.8 Å². The predicted molar refractivity (Wildman–Crippen MR) is 121 cm³/mol. The molecule has 1 aliphatic rings. The lowest BCUT2D eigenvalue weighted by Gasteiger charge is -2.17. The number of benzene rings is 3. The first kappa shape index (κ1) is 19.8. The van der Waals surface area contributed by atoms with Crippen LogP contribution in [0.1, 0.15) is 11.1 Å². The van der Waals surface area contributed by atoms with Crippen molar-refractivity contribution >= 4 is 41.0 Å². The highest BCUT2D eigenvalue weighted by molar-refractivity contribution is 8.00. The Labute approximate surface area is 179 Å². The van der Waals surface area contributed by atoms with E-state index in [9.17, 15) is 9.59 Å². The van der Waals surface area contributed by atoms with E-state index in [1.807, 2.05) is 66.7 Å². The van der Waals surface area contributed by atoms with Gasteiger partial charge in [0, 0.05) is 16.7 Å². The first-order chi connectivity index (χ1) is 14.7. The van der Waals surface area contributed by atoms with Crippen molar-refractivity contribution in [1.82, 2.24) is 0 Å². The molecule has 3 aromatic rings. The molecule has 2 N–H and O–H groups in total. The summed E-state index contributed by atoms with van der Waals surface area (Å²) in [5, 5.41) is 5.63. The predicted octanol–water partition coefficient (Wildman–Crippen LogP) is 4.96. The zero-order valence-corrected chi connectivity index (χ0v) is 16.9. The minimum absolute atomic E-state index is 0.0351. The number of hydrogen-bond donors (Lipinski definition) is 2. The number of carbonyl (C=O) groups excluding carboxylic acids is 2. The van der Waals surface area contributed by atoms with Gasteiger partial charge in [-0.15, -0.1) is 11.8 Å². The minimum Gasteiger partial charge on any atom is -0.489 e. The highest BCUT2D eigenvalue weighted by atomic mass is 32.2. The van der Waals surface area contributed by atoms with Crippen LogP contribution in [-0.2, 0) is 16.2 Å². The molecule has 6 heteroatoms.